The summed E-state index contributed by atoms with van der Waals surface area (Å²) >= 11 is 0. The molecule has 2 amide bonds. The van der Waals surface area contributed by atoms with Crippen molar-refractivity contribution in [1.82, 2.24) is 5.32 Å². The molecule has 1 fully saturated rings. The van der Waals surface area contributed by atoms with Gasteiger partial charge in [-0.3, -0.25) is 9.59 Å². The molecule has 0 bridgehead atoms. The van der Waals surface area contributed by atoms with Gasteiger partial charge in [-0.05, 0) is 62.1 Å². The van der Waals surface area contributed by atoms with Crippen LogP contribution in [0.2, 0.25) is 0 Å². The normalized spacial score (nSPS) is 14.1. The molecule has 2 aromatic rings. The predicted molar refractivity (Wildman–Crippen MR) is 108 cm³/mol. The van der Waals surface area contributed by atoms with Gasteiger partial charge in [0, 0.05) is 12.2 Å². The van der Waals surface area contributed by atoms with Crippen LogP contribution in [0.4, 0.5) is 5.69 Å². The molecule has 2 aromatic carbocycles. The fourth-order valence-electron chi connectivity index (χ4n) is 3.12. The van der Waals surface area contributed by atoms with Crippen molar-refractivity contribution in [3.8, 4) is 11.5 Å². The van der Waals surface area contributed by atoms with Gasteiger partial charge in [-0.1, -0.05) is 18.2 Å². The number of methoxy groups -OCH3 is 1. The third kappa shape index (κ3) is 4.44. The second-order valence-corrected chi connectivity index (χ2v) is 6.81. The van der Waals surface area contributed by atoms with Crippen LogP contribution >= 0.6 is 0 Å². The topological polar surface area (TPSA) is 76.7 Å². The predicted octanol–water partition coefficient (Wildman–Crippen LogP) is 3.17. The highest BCUT2D eigenvalue weighted by atomic mass is 16.5. The van der Waals surface area contributed by atoms with Gasteiger partial charge in [0.05, 0.1) is 13.7 Å². The summed E-state index contributed by atoms with van der Waals surface area (Å²) in [6, 6.07) is 14.9. The van der Waals surface area contributed by atoms with E-state index >= 15 is 0 Å². The molecule has 0 saturated heterocycles. The van der Waals surface area contributed by atoms with E-state index in [1.165, 1.54) is 0 Å². The van der Waals surface area contributed by atoms with Gasteiger partial charge in [0.25, 0.3) is 0 Å². The van der Waals surface area contributed by atoms with Crippen LogP contribution in [0, 0.1) is 5.41 Å². The Morgan fingerprint density at radius 3 is 2.39 bits per heavy atom. The summed E-state index contributed by atoms with van der Waals surface area (Å²) < 4.78 is 10.7. The average molecular weight is 382 g/mol. The first-order valence-electron chi connectivity index (χ1n) is 9.53. The van der Waals surface area contributed by atoms with Crippen LogP contribution in [0.3, 0.4) is 0 Å². The van der Waals surface area contributed by atoms with E-state index in [1.807, 2.05) is 31.2 Å². The Kier molecular flexibility index (Phi) is 6.19. The van der Waals surface area contributed by atoms with Crippen LogP contribution in [0.15, 0.2) is 48.5 Å². The minimum absolute atomic E-state index is 0.217. The number of hydrogen-bond donors (Lipinski definition) is 2. The van der Waals surface area contributed by atoms with Gasteiger partial charge in [0.15, 0.2) is 0 Å². The summed E-state index contributed by atoms with van der Waals surface area (Å²) in [5.41, 5.74) is 0.717. The van der Waals surface area contributed by atoms with Gasteiger partial charge in [0.2, 0.25) is 11.8 Å². The lowest BCUT2D eigenvalue weighted by atomic mass is 10.0. The molecular weight excluding hydrogens is 356 g/mol. The van der Waals surface area contributed by atoms with Crippen LogP contribution in [-0.2, 0) is 16.0 Å². The molecule has 0 heterocycles. The maximum Gasteiger partial charge on any atom is 0.240 e. The smallest absolute Gasteiger partial charge is 0.240 e. The molecule has 28 heavy (non-hydrogen) atoms. The van der Waals surface area contributed by atoms with Gasteiger partial charge in [-0.15, -0.1) is 0 Å². The number of amides is 2. The summed E-state index contributed by atoms with van der Waals surface area (Å²) in [6.07, 6.45) is 1.78. The Labute approximate surface area is 165 Å². The van der Waals surface area contributed by atoms with Gasteiger partial charge in [0.1, 0.15) is 16.9 Å². The summed E-state index contributed by atoms with van der Waals surface area (Å²) in [5, 5.41) is 5.75. The number of carbonyl (C=O) groups is 2. The lowest BCUT2D eigenvalue weighted by Crippen LogP contribution is -2.40. The Balaban J connectivity index is 1.53. The van der Waals surface area contributed by atoms with Gasteiger partial charge in [-0.2, -0.15) is 0 Å². The number of nitrogens with one attached hydrogen (secondary N) is 2. The summed E-state index contributed by atoms with van der Waals surface area (Å²) in [7, 11) is 1.63. The average Bonchev–Trinajstić information content (AvgIpc) is 3.52. The highest BCUT2D eigenvalue weighted by Gasteiger charge is 2.56. The third-order valence-corrected chi connectivity index (χ3v) is 4.91. The molecular formula is C22H26N2O4. The fraction of sp³-hybridized carbons (Fsp3) is 0.364. The number of para-hydroxylation sites is 1. The number of rotatable bonds is 9. The zero-order valence-electron chi connectivity index (χ0n) is 16.3. The number of ether oxygens (including phenoxy) is 2. The van der Waals surface area contributed by atoms with Crippen LogP contribution in [0.25, 0.3) is 0 Å². The maximum atomic E-state index is 12.7. The van der Waals surface area contributed by atoms with Crippen LogP contribution in [0.5, 0.6) is 11.5 Å². The zero-order chi connectivity index (χ0) is 20.0. The first-order chi connectivity index (χ1) is 13.6. The third-order valence-electron chi connectivity index (χ3n) is 4.91. The molecule has 6 nitrogen and oxygen atoms in total. The summed E-state index contributed by atoms with van der Waals surface area (Å²) in [6.45, 7) is 2.96. The van der Waals surface area contributed by atoms with E-state index in [-0.39, 0.29) is 11.8 Å². The van der Waals surface area contributed by atoms with Crippen molar-refractivity contribution in [2.75, 3.05) is 25.6 Å². The summed E-state index contributed by atoms with van der Waals surface area (Å²) in [5.74, 6) is 1.07. The molecule has 2 N–H and O–H groups in total. The maximum absolute atomic E-state index is 12.7. The largest absolute Gasteiger partial charge is 0.496 e. The number of benzene rings is 2. The fourth-order valence-corrected chi connectivity index (χ4v) is 3.12. The highest BCUT2D eigenvalue weighted by Crippen LogP contribution is 2.46. The number of anilines is 1. The molecule has 0 aromatic heterocycles. The minimum Gasteiger partial charge on any atom is -0.496 e. The van der Waals surface area contributed by atoms with E-state index in [0.29, 0.717) is 38.1 Å². The van der Waals surface area contributed by atoms with Crippen molar-refractivity contribution >= 4 is 17.5 Å². The first-order valence-corrected chi connectivity index (χ1v) is 9.53. The van der Waals surface area contributed by atoms with Gasteiger partial charge in [-0.25, -0.2) is 0 Å². The molecule has 1 saturated carbocycles. The molecule has 0 atom stereocenters. The molecule has 0 radical (unpaired) electrons. The Bertz CT molecular complexity index is 829. The zero-order valence-corrected chi connectivity index (χ0v) is 16.3. The highest BCUT2D eigenvalue weighted by molar-refractivity contribution is 6.13. The second kappa shape index (κ2) is 8.78. The second-order valence-electron chi connectivity index (χ2n) is 6.81. The Morgan fingerprint density at radius 2 is 1.75 bits per heavy atom. The van der Waals surface area contributed by atoms with E-state index in [1.54, 1.807) is 31.4 Å². The molecule has 6 heteroatoms. The van der Waals surface area contributed by atoms with Gasteiger partial charge < -0.3 is 20.1 Å². The monoisotopic (exact) mass is 382 g/mol. The Morgan fingerprint density at radius 1 is 1.04 bits per heavy atom. The molecule has 0 aliphatic heterocycles. The van der Waals surface area contributed by atoms with E-state index in [0.717, 1.165) is 17.1 Å². The molecule has 3 rings (SSSR count). The van der Waals surface area contributed by atoms with Crippen LogP contribution < -0.4 is 20.1 Å². The molecule has 0 spiro atoms. The van der Waals surface area contributed by atoms with Gasteiger partial charge >= 0.3 is 0 Å². The van der Waals surface area contributed by atoms with E-state index in [4.69, 9.17) is 9.47 Å². The van der Waals surface area contributed by atoms with Crippen LogP contribution in [0.1, 0.15) is 25.3 Å². The van der Waals surface area contributed by atoms with Crippen molar-refractivity contribution in [1.29, 1.82) is 0 Å². The molecule has 148 valence electrons. The van der Waals surface area contributed by atoms with Crippen molar-refractivity contribution in [2.45, 2.75) is 26.2 Å². The minimum atomic E-state index is -0.959. The van der Waals surface area contributed by atoms with Crippen molar-refractivity contribution in [3.63, 3.8) is 0 Å². The lowest BCUT2D eigenvalue weighted by molar-refractivity contribution is -0.134. The molecule has 1 aliphatic rings. The SMILES string of the molecule is CCOc1ccc(NC(=O)C2(C(=O)NCCc3ccccc3OC)CC2)cc1. The number of carbonyl (C=O) groups excluding carboxylic acids is 2. The Hall–Kier alpha value is -3.02. The quantitative estimate of drug-likeness (QED) is 0.653. The molecule has 1 aliphatic carbocycles. The van der Waals surface area contributed by atoms with E-state index in [9.17, 15) is 9.59 Å². The standard InChI is InChI=1S/C22H26N2O4/c1-3-28-18-10-8-17(9-11-18)24-21(26)22(13-14-22)20(25)23-15-12-16-6-4-5-7-19(16)27-2/h4-11H,3,12-15H2,1-2H3,(H,23,25)(H,24,26). The van der Waals surface area contributed by atoms with Crippen molar-refractivity contribution in [3.05, 3.63) is 54.1 Å². The van der Waals surface area contributed by atoms with E-state index in [2.05, 4.69) is 10.6 Å². The number of hydrogen-bond acceptors (Lipinski definition) is 4. The molecule has 0 unspecified atom stereocenters. The van der Waals surface area contributed by atoms with Crippen molar-refractivity contribution < 1.29 is 19.1 Å². The summed E-state index contributed by atoms with van der Waals surface area (Å²) in [4.78, 5) is 25.3. The lowest BCUT2D eigenvalue weighted by Gasteiger charge is -2.16. The first kappa shape index (κ1) is 19.7. The van der Waals surface area contributed by atoms with Crippen molar-refractivity contribution in [2.24, 2.45) is 5.41 Å². The van der Waals surface area contributed by atoms with E-state index < -0.39 is 5.41 Å². The van der Waals surface area contributed by atoms with Crippen LogP contribution in [-0.4, -0.2) is 32.1 Å².